The van der Waals surface area contributed by atoms with E-state index in [1.54, 1.807) is 0 Å². The third-order valence-corrected chi connectivity index (χ3v) is 3.27. The Morgan fingerprint density at radius 3 is 3.06 bits per heavy atom. The molecule has 1 aliphatic rings. The van der Waals surface area contributed by atoms with Crippen molar-refractivity contribution in [2.75, 3.05) is 18.5 Å². The Morgan fingerprint density at radius 1 is 1.33 bits per heavy atom. The van der Waals surface area contributed by atoms with Gasteiger partial charge >= 0.3 is 0 Å². The molecule has 4 nitrogen and oxygen atoms in total. The molecule has 3 rings (SSSR count). The lowest BCUT2D eigenvalue weighted by Gasteiger charge is -2.23. The largest absolute Gasteiger partial charge is 0.379 e. The van der Waals surface area contributed by atoms with Gasteiger partial charge in [-0.1, -0.05) is 18.2 Å². The summed E-state index contributed by atoms with van der Waals surface area (Å²) in [6.07, 6.45) is 2.14. The van der Waals surface area contributed by atoms with E-state index in [2.05, 4.69) is 10.3 Å². The average molecular weight is 244 g/mol. The van der Waals surface area contributed by atoms with Crippen molar-refractivity contribution < 1.29 is 4.74 Å². The van der Waals surface area contributed by atoms with Gasteiger partial charge in [0.15, 0.2) is 0 Å². The number of fused-ring (bicyclic) bond motifs is 1. The molecular formula is C14H16N2O2. The second-order valence-electron chi connectivity index (χ2n) is 4.66. The van der Waals surface area contributed by atoms with Crippen LogP contribution in [0.25, 0.3) is 10.8 Å². The van der Waals surface area contributed by atoms with Gasteiger partial charge in [0.05, 0.1) is 12.6 Å². The van der Waals surface area contributed by atoms with Crippen molar-refractivity contribution in [1.29, 1.82) is 0 Å². The number of H-pyrrole nitrogens is 1. The minimum atomic E-state index is -0.0488. The van der Waals surface area contributed by atoms with E-state index < -0.39 is 0 Å². The fraction of sp³-hybridized carbons (Fsp3) is 0.357. The van der Waals surface area contributed by atoms with E-state index in [0.29, 0.717) is 6.61 Å². The highest BCUT2D eigenvalue weighted by atomic mass is 16.5. The van der Waals surface area contributed by atoms with Crippen molar-refractivity contribution in [2.45, 2.75) is 18.9 Å². The molecule has 1 atom stereocenters. The Kier molecular flexibility index (Phi) is 3.02. The Morgan fingerprint density at radius 2 is 2.22 bits per heavy atom. The molecule has 0 radical (unpaired) electrons. The first kappa shape index (κ1) is 11.3. The number of benzene rings is 1. The standard InChI is InChI=1S/C14H16N2O2/c17-14-12-6-2-1-4-10(12)8-13(16-14)15-11-5-3-7-18-9-11/h1-2,4,6,8,11H,3,5,7,9H2,(H2,15,16,17). The maximum absolute atomic E-state index is 11.9. The van der Waals surface area contributed by atoms with Crippen molar-refractivity contribution >= 4 is 16.6 Å². The predicted molar refractivity (Wildman–Crippen MR) is 72.0 cm³/mol. The molecule has 1 aliphatic heterocycles. The van der Waals surface area contributed by atoms with Gasteiger partial charge < -0.3 is 15.0 Å². The van der Waals surface area contributed by atoms with E-state index in [0.717, 1.165) is 36.0 Å². The summed E-state index contributed by atoms with van der Waals surface area (Å²) in [5, 5.41) is 5.02. The summed E-state index contributed by atoms with van der Waals surface area (Å²) in [5.74, 6) is 0.772. The maximum Gasteiger partial charge on any atom is 0.257 e. The molecule has 0 saturated carbocycles. The van der Waals surface area contributed by atoms with Gasteiger partial charge in [0.1, 0.15) is 5.82 Å². The number of nitrogens with one attached hydrogen (secondary N) is 2. The number of hydrogen-bond acceptors (Lipinski definition) is 3. The van der Waals surface area contributed by atoms with Crippen LogP contribution in [0.3, 0.4) is 0 Å². The zero-order chi connectivity index (χ0) is 12.4. The van der Waals surface area contributed by atoms with E-state index in [9.17, 15) is 4.79 Å². The first-order valence-electron chi connectivity index (χ1n) is 6.29. The van der Waals surface area contributed by atoms with Crippen LogP contribution in [0.5, 0.6) is 0 Å². The highest BCUT2D eigenvalue weighted by molar-refractivity contribution is 5.83. The molecule has 0 bridgehead atoms. The first-order chi connectivity index (χ1) is 8.83. The van der Waals surface area contributed by atoms with Crippen molar-refractivity contribution in [3.05, 3.63) is 40.7 Å². The van der Waals surface area contributed by atoms with Gasteiger partial charge in [-0.3, -0.25) is 4.79 Å². The smallest absolute Gasteiger partial charge is 0.257 e. The van der Waals surface area contributed by atoms with E-state index >= 15 is 0 Å². The van der Waals surface area contributed by atoms with Gasteiger partial charge in [-0.15, -0.1) is 0 Å². The molecule has 1 aromatic carbocycles. The van der Waals surface area contributed by atoms with Crippen LogP contribution in [0.15, 0.2) is 35.1 Å². The van der Waals surface area contributed by atoms with Crippen LogP contribution in [-0.4, -0.2) is 24.2 Å². The molecule has 94 valence electrons. The number of rotatable bonds is 2. The highest BCUT2D eigenvalue weighted by Crippen LogP contribution is 2.16. The molecule has 1 fully saturated rings. The summed E-state index contributed by atoms with van der Waals surface area (Å²) in [4.78, 5) is 14.8. The van der Waals surface area contributed by atoms with Crippen molar-refractivity contribution in [3.63, 3.8) is 0 Å². The zero-order valence-electron chi connectivity index (χ0n) is 10.1. The highest BCUT2D eigenvalue weighted by Gasteiger charge is 2.14. The van der Waals surface area contributed by atoms with Crippen LogP contribution >= 0.6 is 0 Å². The Balaban J connectivity index is 1.90. The third-order valence-electron chi connectivity index (χ3n) is 3.27. The van der Waals surface area contributed by atoms with Gasteiger partial charge in [-0.2, -0.15) is 0 Å². The van der Waals surface area contributed by atoms with E-state index in [1.165, 1.54) is 0 Å². The van der Waals surface area contributed by atoms with Crippen LogP contribution in [0, 0.1) is 0 Å². The number of ether oxygens (including phenoxy) is 1. The fourth-order valence-corrected chi connectivity index (χ4v) is 2.36. The van der Waals surface area contributed by atoms with E-state index in [-0.39, 0.29) is 11.6 Å². The molecule has 18 heavy (non-hydrogen) atoms. The van der Waals surface area contributed by atoms with E-state index in [1.807, 2.05) is 30.3 Å². The lowest BCUT2D eigenvalue weighted by atomic mass is 10.1. The lowest BCUT2D eigenvalue weighted by molar-refractivity contribution is 0.0875. The van der Waals surface area contributed by atoms with Crippen molar-refractivity contribution in [1.82, 2.24) is 4.98 Å². The number of hydrogen-bond donors (Lipinski definition) is 2. The molecule has 4 heteroatoms. The van der Waals surface area contributed by atoms with Crippen LogP contribution in [0.2, 0.25) is 0 Å². The van der Waals surface area contributed by atoms with Crippen LogP contribution in [-0.2, 0) is 4.74 Å². The number of anilines is 1. The van der Waals surface area contributed by atoms with Gasteiger partial charge in [0.25, 0.3) is 5.56 Å². The van der Waals surface area contributed by atoms with Crippen molar-refractivity contribution in [3.8, 4) is 0 Å². The van der Waals surface area contributed by atoms with Crippen LogP contribution in [0.1, 0.15) is 12.8 Å². The third kappa shape index (κ3) is 2.24. The molecule has 0 amide bonds. The van der Waals surface area contributed by atoms with Crippen LogP contribution < -0.4 is 10.9 Å². The van der Waals surface area contributed by atoms with Gasteiger partial charge in [0.2, 0.25) is 0 Å². The Labute approximate surface area is 105 Å². The quantitative estimate of drug-likeness (QED) is 0.850. The minimum Gasteiger partial charge on any atom is -0.379 e. The summed E-state index contributed by atoms with van der Waals surface area (Å²) in [6, 6.07) is 9.87. The zero-order valence-corrected chi connectivity index (χ0v) is 10.1. The van der Waals surface area contributed by atoms with Gasteiger partial charge in [0, 0.05) is 12.0 Å². The molecule has 1 unspecified atom stereocenters. The second-order valence-corrected chi connectivity index (χ2v) is 4.66. The summed E-state index contributed by atoms with van der Waals surface area (Å²) in [7, 11) is 0. The van der Waals surface area contributed by atoms with Gasteiger partial charge in [-0.25, -0.2) is 0 Å². The lowest BCUT2D eigenvalue weighted by Crippen LogP contribution is -2.31. The monoisotopic (exact) mass is 244 g/mol. The minimum absolute atomic E-state index is 0.0488. The predicted octanol–water partition coefficient (Wildman–Crippen LogP) is 2.12. The first-order valence-corrected chi connectivity index (χ1v) is 6.29. The SMILES string of the molecule is O=c1[nH]c(NC2CCCOC2)cc2ccccc12. The summed E-state index contributed by atoms with van der Waals surface area (Å²) in [5.41, 5.74) is -0.0488. The molecule has 1 aromatic heterocycles. The normalized spacial score (nSPS) is 19.9. The number of aromatic amines is 1. The fourth-order valence-electron chi connectivity index (χ4n) is 2.36. The topological polar surface area (TPSA) is 54.1 Å². The van der Waals surface area contributed by atoms with Crippen LogP contribution in [0.4, 0.5) is 5.82 Å². The maximum atomic E-state index is 11.9. The number of pyridine rings is 1. The summed E-state index contributed by atoms with van der Waals surface area (Å²) < 4.78 is 5.42. The molecule has 2 aromatic rings. The van der Waals surface area contributed by atoms with Gasteiger partial charge in [-0.05, 0) is 30.4 Å². The van der Waals surface area contributed by atoms with E-state index in [4.69, 9.17) is 4.74 Å². The molecule has 2 heterocycles. The molecule has 1 saturated heterocycles. The second kappa shape index (κ2) is 4.82. The Bertz CT molecular complexity index is 600. The molecule has 0 spiro atoms. The average Bonchev–Trinajstić information content (AvgIpc) is 2.40. The summed E-state index contributed by atoms with van der Waals surface area (Å²) >= 11 is 0. The molecule has 2 N–H and O–H groups in total. The molecular weight excluding hydrogens is 228 g/mol. The summed E-state index contributed by atoms with van der Waals surface area (Å²) in [6.45, 7) is 1.54. The number of aromatic nitrogens is 1. The molecule has 0 aliphatic carbocycles. The Hall–Kier alpha value is -1.81. The van der Waals surface area contributed by atoms with Crippen molar-refractivity contribution in [2.24, 2.45) is 0 Å².